The maximum Gasteiger partial charge on any atom is 0.224 e. The molecule has 5 nitrogen and oxygen atoms in total. The Kier molecular flexibility index (Phi) is 6.59. The standard InChI is InChI=1S/C25H23N3O2S/c1-30-22-9-5-8-21(16-22)27-25-28-23(17-31-25)19-11-13-20(14-12-19)26-24(29)15-10-18-6-3-2-4-7-18/h2-9,11-14,16-17H,10,15H2,1H3,(H,26,29)(H,27,28). The van der Waals surface area contributed by atoms with Gasteiger partial charge in [-0.25, -0.2) is 4.98 Å². The van der Waals surface area contributed by atoms with Gasteiger partial charge in [0.2, 0.25) is 5.91 Å². The molecule has 6 heteroatoms. The Labute approximate surface area is 185 Å². The third-order valence-corrected chi connectivity index (χ3v) is 5.53. The van der Waals surface area contributed by atoms with Crippen LogP contribution in [0.5, 0.6) is 5.75 Å². The van der Waals surface area contributed by atoms with E-state index in [4.69, 9.17) is 4.74 Å². The Hall–Kier alpha value is -3.64. The number of methoxy groups -OCH3 is 1. The molecule has 2 N–H and O–H groups in total. The van der Waals surface area contributed by atoms with Crippen molar-refractivity contribution in [2.75, 3.05) is 17.7 Å². The van der Waals surface area contributed by atoms with Gasteiger partial charge in [-0.15, -0.1) is 11.3 Å². The molecule has 4 rings (SSSR count). The minimum absolute atomic E-state index is 0.00929. The zero-order chi connectivity index (χ0) is 21.5. The molecule has 4 aromatic rings. The van der Waals surface area contributed by atoms with Crippen molar-refractivity contribution in [1.82, 2.24) is 4.98 Å². The summed E-state index contributed by atoms with van der Waals surface area (Å²) >= 11 is 1.54. The number of thiazole rings is 1. The molecule has 0 bridgehead atoms. The average Bonchev–Trinajstić information content (AvgIpc) is 3.27. The van der Waals surface area contributed by atoms with E-state index < -0.39 is 0 Å². The number of aromatic nitrogens is 1. The Morgan fingerprint density at radius 3 is 2.55 bits per heavy atom. The maximum absolute atomic E-state index is 12.2. The van der Waals surface area contributed by atoms with E-state index in [1.807, 2.05) is 84.2 Å². The van der Waals surface area contributed by atoms with Crippen LogP contribution in [0.2, 0.25) is 0 Å². The molecule has 0 aliphatic carbocycles. The van der Waals surface area contributed by atoms with Gasteiger partial charge in [-0.05, 0) is 36.2 Å². The number of amides is 1. The van der Waals surface area contributed by atoms with Gasteiger partial charge in [-0.1, -0.05) is 48.5 Å². The summed E-state index contributed by atoms with van der Waals surface area (Å²) in [6, 6.07) is 25.5. The van der Waals surface area contributed by atoms with Crippen molar-refractivity contribution in [2.45, 2.75) is 12.8 Å². The predicted octanol–water partition coefficient (Wildman–Crippen LogP) is 6.13. The van der Waals surface area contributed by atoms with Crippen LogP contribution in [-0.2, 0) is 11.2 Å². The summed E-state index contributed by atoms with van der Waals surface area (Å²) < 4.78 is 5.26. The van der Waals surface area contributed by atoms with Gasteiger partial charge >= 0.3 is 0 Å². The van der Waals surface area contributed by atoms with Gasteiger partial charge in [0.15, 0.2) is 5.13 Å². The molecule has 1 heterocycles. The summed E-state index contributed by atoms with van der Waals surface area (Å²) in [5, 5.41) is 9.08. The van der Waals surface area contributed by atoms with Crippen LogP contribution in [0.15, 0.2) is 84.2 Å². The van der Waals surface area contributed by atoms with Gasteiger partial charge in [-0.2, -0.15) is 0 Å². The fourth-order valence-corrected chi connectivity index (χ4v) is 3.88. The Bertz CT molecular complexity index is 1140. The summed E-state index contributed by atoms with van der Waals surface area (Å²) in [4.78, 5) is 16.9. The van der Waals surface area contributed by atoms with E-state index in [1.165, 1.54) is 11.3 Å². The fourth-order valence-electron chi connectivity index (χ4n) is 3.14. The normalized spacial score (nSPS) is 10.5. The third kappa shape index (κ3) is 5.71. The van der Waals surface area contributed by atoms with Crippen molar-refractivity contribution in [2.24, 2.45) is 0 Å². The van der Waals surface area contributed by atoms with Crippen molar-refractivity contribution < 1.29 is 9.53 Å². The van der Waals surface area contributed by atoms with Crippen LogP contribution in [0.1, 0.15) is 12.0 Å². The molecule has 0 spiro atoms. The molecule has 0 saturated heterocycles. The quantitative estimate of drug-likeness (QED) is 0.353. The molecule has 0 unspecified atom stereocenters. The van der Waals surface area contributed by atoms with Crippen molar-refractivity contribution in [3.8, 4) is 17.0 Å². The molecular weight excluding hydrogens is 406 g/mol. The van der Waals surface area contributed by atoms with Crippen LogP contribution < -0.4 is 15.4 Å². The lowest BCUT2D eigenvalue weighted by Gasteiger charge is -2.06. The second kappa shape index (κ2) is 9.91. The lowest BCUT2D eigenvalue weighted by atomic mass is 10.1. The molecule has 3 aromatic carbocycles. The number of anilines is 3. The lowest BCUT2D eigenvalue weighted by Crippen LogP contribution is -2.12. The number of hydrogen-bond acceptors (Lipinski definition) is 5. The highest BCUT2D eigenvalue weighted by Gasteiger charge is 2.07. The first-order valence-electron chi connectivity index (χ1n) is 10.0. The summed E-state index contributed by atoms with van der Waals surface area (Å²) in [5.41, 5.74) is 4.75. The van der Waals surface area contributed by atoms with Crippen LogP contribution in [0.4, 0.5) is 16.5 Å². The number of nitrogens with one attached hydrogen (secondary N) is 2. The molecule has 0 saturated carbocycles. The first kappa shape index (κ1) is 20.6. The number of carbonyl (C=O) groups excluding carboxylic acids is 1. The van der Waals surface area contributed by atoms with Gasteiger partial charge in [0, 0.05) is 34.8 Å². The van der Waals surface area contributed by atoms with E-state index in [0.717, 1.165) is 45.5 Å². The number of carbonyl (C=O) groups is 1. The molecule has 0 aliphatic heterocycles. The highest BCUT2D eigenvalue weighted by Crippen LogP contribution is 2.29. The van der Waals surface area contributed by atoms with Crippen molar-refractivity contribution in [1.29, 1.82) is 0 Å². The number of aryl methyl sites for hydroxylation is 1. The summed E-state index contributed by atoms with van der Waals surface area (Å²) in [7, 11) is 1.65. The zero-order valence-electron chi connectivity index (χ0n) is 17.2. The Morgan fingerprint density at radius 1 is 0.968 bits per heavy atom. The zero-order valence-corrected chi connectivity index (χ0v) is 18.0. The molecule has 0 atom stereocenters. The topological polar surface area (TPSA) is 63.2 Å². The van der Waals surface area contributed by atoms with Gasteiger partial charge in [-0.3, -0.25) is 4.79 Å². The SMILES string of the molecule is COc1cccc(Nc2nc(-c3ccc(NC(=O)CCc4ccccc4)cc3)cs2)c1. The number of ether oxygens (including phenoxy) is 1. The van der Waals surface area contributed by atoms with Crippen molar-refractivity contribution in [3.63, 3.8) is 0 Å². The largest absolute Gasteiger partial charge is 0.497 e. The molecule has 0 radical (unpaired) electrons. The summed E-state index contributed by atoms with van der Waals surface area (Å²) in [6.45, 7) is 0. The smallest absolute Gasteiger partial charge is 0.224 e. The van der Waals surface area contributed by atoms with E-state index in [-0.39, 0.29) is 5.91 Å². The van der Waals surface area contributed by atoms with E-state index in [1.54, 1.807) is 7.11 Å². The van der Waals surface area contributed by atoms with Crippen LogP contribution in [0.3, 0.4) is 0 Å². The van der Waals surface area contributed by atoms with Crippen LogP contribution in [0, 0.1) is 0 Å². The molecule has 0 fully saturated rings. The fraction of sp³-hybridized carbons (Fsp3) is 0.120. The Balaban J connectivity index is 1.34. The highest BCUT2D eigenvalue weighted by molar-refractivity contribution is 7.14. The van der Waals surface area contributed by atoms with E-state index in [0.29, 0.717) is 6.42 Å². The Morgan fingerprint density at radius 2 is 1.77 bits per heavy atom. The van der Waals surface area contributed by atoms with Gasteiger partial charge in [0.1, 0.15) is 5.75 Å². The monoisotopic (exact) mass is 429 g/mol. The molecular formula is C25H23N3O2S. The van der Waals surface area contributed by atoms with Crippen LogP contribution in [0.25, 0.3) is 11.3 Å². The number of benzene rings is 3. The maximum atomic E-state index is 12.2. The van der Waals surface area contributed by atoms with E-state index in [2.05, 4.69) is 15.6 Å². The summed E-state index contributed by atoms with van der Waals surface area (Å²) in [5.74, 6) is 0.804. The van der Waals surface area contributed by atoms with E-state index >= 15 is 0 Å². The van der Waals surface area contributed by atoms with Crippen molar-refractivity contribution >= 4 is 33.8 Å². The average molecular weight is 430 g/mol. The minimum atomic E-state index is 0.00929. The third-order valence-electron chi connectivity index (χ3n) is 4.77. The van der Waals surface area contributed by atoms with Crippen LogP contribution in [-0.4, -0.2) is 18.0 Å². The number of nitrogens with zero attached hydrogens (tertiary/aromatic N) is 1. The first-order valence-corrected chi connectivity index (χ1v) is 10.9. The van der Waals surface area contributed by atoms with Crippen LogP contribution >= 0.6 is 11.3 Å². The number of rotatable bonds is 8. The molecule has 1 amide bonds. The van der Waals surface area contributed by atoms with Gasteiger partial charge in [0.05, 0.1) is 12.8 Å². The lowest BCUT2D eigenvalue weighted by molar-refractivity contribution is -0.116. The molecule has 156 valence electrons. The first-order chi connectivity index (χ1) is 15.2. The number of hydrogen-bond donors (Lipinski definition) is 2. The predicted molar refractivity (Wildman–Crippen MR) is 127 cm³/mol. The molecule has 31 heavy (non-hydrogen) atoms. The van der Waals surface area contributed by atoms with Gasteiger partial charge in [0.25, 0.3) is 0 Å². The highest BCUT2D eigenvalue weighted by atomic mass is 32.1. The molecule has 1 aromatic heterocycles. The summed E-state index contributed by atoms with van der Waals surface area (Å²) in [6.07, 6.45) is 1.18. The van der Waals surface area contributed by atoms with E-state index in [9.17, 15) is 4.79 Å². The second-order valence-electron chi connectivity index (χ2n) is 7.01. The minimum Gasteiger partial charge on any atom is -0.497 e. The molecule has 0 aliphatic rings. The second-order valence-corrected chi connectivity index (χ2v) is 7.86. The van der Waals surface area contributed by atoms with Gasteiger partial charge < -0.3 is 15.4 Å². The van der Waals surface area contributed by atoms with Crippen molar-refractivity contribution in [3.05, 3.63) is 89.8 Å².